The standard InChI is InChI=1S/C19H28N2O4/c1-18(2)10-13(11-19(3,4)21-18)20-17(22)12-8-14(23-5)16-15(9-12)24-6-7-25-16/h8-9,13,21H,6-7,10-11H2,1-5H3,(H,20,22). The van der Waals surface area contributed by atoms with Crippen molar-refractivity contribution in [3.63, 3.8) is 0 Å². The predicted molar refractivity (Wildman–Crippen MR) is 95.8 cm³/mol. The molecule has 1 saturated heterocycles. The van der Waals surface area contributed by atoms with Crippen LogP contribution in [0.1, 0.15) is 50.9 Å². The first-order valence-electron chi connectivity index (χ1n) is 8.77. The van der Waals surface area contributed by atoms with Crippen LogP contribution in [-0.2, 0) is 0 Å². The first kappa shape index (κ1) is 17.9. The van der Waals surface area contributed by atoms with Crippen molar-refractivity contribution in [1.82, 2.24) is 10.6 Å². The van der Waals surface area contributed by atoms with Gasteiger partial charge in [0.25, 0.3) is 5.91 Å². The van der Waals surface area contributed by atoms with Crippen LogP contribution in [0.15, 0.2) is 12.1 Å². The van der Waals surface area contributed by atoms with Gasteiger partial charge in [-0.15, -0.1) is 0 Å². The van der Waals surface area contributed by atoms with E-state index in [0.29, 0.717) is 36.0 Å². The lowest BCUT2D eigenvalue weighted by Crippen LogP contribution is -2.62. The van der Waals surface area contributed by atoms with Crippen molar-refractivity contribution in [2.75, 3.05) is 20.3 Å². The van der Waals surface area contributed by atoms with E-state index < -0.39 is 0 Å². The van der Waals surface area contributed by atoms with Crippen LogP contribution < -0.4 is 24.8 Å². The van der Waals surface area contributed by atoms with Gasteiger partial charge in [0.2, 0.25) is 5.75 Å². The molecule has 25 heavy (non-hydrogen) atoms. The van der Waals surface area contributed by atoms with Crippen molar-refractivity contribution >= 4 is 5.91 Å². The molecule has 2 N–H and O–H groups in total. The van der Waals surface area contributed by atoms with Gasteiger partial charge in [-0.25, -0.2) is 0 Å². The molecule has 1 aromatic rings. The molecule has 6 nitrogen and oxygen atoms in total. The van der Waals surface area contributed by atoms with Crippen molar-refractivity contribution in [2.45, 2.75) is 57.7 Å². The van der Waals surface area contributed by atoms with E-state index in [2.05, 4.69) is 38.3 Å². The summed E-state index contributed by atoms with van der Waals surface area (Å²) in [5.41, 5.74) is 0.476. The number of fused-ring (bicyclic) bond motifs is 1. The third-order valence-electron chi connectivity index (χ3n) is 4.62. The van der Waals surface area contributed by atoms with Gasteiger partial charge in [0.1, 0.15) is 13.2 Å². The second kappa shape index (κ2) is 6.41. The van der Waals surface area contributed by atoms with Crippen LogP contribution >= 0.6 is 0 Å². The lowest BCUT2D eigenvalue weighted by Gasteiger charge is -2.46. The summed E-state index contributed by atoms with van der Waals surface area (Å²) in [6.45, 7) is 9.62. The van der Waals surface area contributed by atoms with Crippen LogP contribution in [0, 0.1) is 0 Å². The molecule has 6 heteroatoms. The zero-order valence-electron chi connectivity index (χ0n) is 15.7. The third-order valence-corrected chi connectivity index (χ3v) is 4.62. The Morgan fingerprint density at radius 2 is 1.80 bits per heavy atom. The van der Waals surface area contributed by atoms with E-state index in [1.54, 1.807) is 19.2 Å². The Balaban J connectivity index is 1.79. The summed E-state index contributed by atoms with van der Waals surface area (Å²) < 4.78 is 16.6. The van der Waals surface area contributed by atoms with Crippen LogP contribution in [0.2, 0.25) is 0 Å². The number of hydrogen-bond donors (Lipinski definition) is 2. The summed E-state index contributed by atoms with van der Waals surface area (Å²) in [7, 11) is 1.56. The van der Waals surface area contributed by atoms with E-state index in [1.165, 1.54) is 0 Å². The number of rotatable bonds is 3. The molecule has 3 rings (SSSR count). The Labute approximate surface area is 149 Å². The molecule has 1 amide bonds. The molecule has 0 unspecified atom stereocenters. The van der Waals surface area contributed by atoms with Crippen LogP contribution in [0.25, 0.3) is 0 Å². The molecule has 0 aromatic heterocycles. The Morgan fingerprint density at radius 3 is 2.44 bits per heavy atom. The fourth-order valence-corrected chi connectivity index (χ4v) is 4.10. The summed E-state index contributed by atoms with van der Waals surface area (Å²) >= 11 is 0. The Kier molecular flexibility index (Phi) is 4.58. The van der Waals surface area contributed by atoms with Crippen LogP contribution in [0.5, 0.6) is 17.2 Å². The van der Waals surface area contributed by atoms with E-state index in [0.717, 1.165) is 12.8 Å². The van der Waals surface area contributed by atoms with E-state index >= 15 is 0 Å². The third kappa shape index (κ3) is 4.00. The van der Waals surface area contributed by atoms with Crippen molar-refractivity contribution in [3.05, 3.63) is 17.7 Å². The minimum Gasteiger partial charge on any atom is -0.493 e. The SMILES string of the molecule is COc1cc(C(=O)NC2CC(C)(C)NC(C)(C)C2)cc2c1OCCO2. The van der Waals surface area contributed by atoms with Gasteiger partial charge in [0.15, 0.2) is 11.5 Å². The number of amides is 1. The molecule has 2 heterocycles. The molecule has 1 fully saturated rings. The van der Waals surface area contributed by atoms with E-state index in [4.69, 9.17) is 14.2 Å². The average molecular weight is 348 g/mol. The zero-order valence-corrected chi connectivity index (χ0v) is 15.7. The normalized spacial score (nSPS) is 21.5. The highest BCUT2D eigenvalue weighted by molar-refractivity contribution is 5.95. The van der Waals surface area contributed by atoms with Crippen LogP contribution in [0.4, 0.5) is 0 Å². The van der Waals surface area contributed by atoms with Gasteiger partial charge < -0.3 is 24.8 Å². The number of piperidine rings is 1. The number of hydrogen-bond acceptors (Lipinski definition) is 5. The van der Waals surface area contributed by atoms with E-state index in [9.17, 15) is 4.79 Å². The zero-order chi connectivity index (χ0) is 18.2. The number of carbonyl (C=O) groups is 1. The number of nitrogens with one attached hydrogen (secondary N) is 2. The number of methoxy groups -OCH3 is 1. The molecule has 138 valence electrons. The van der Waals surface area contributed by atoms with Crippen molar-refractivity contribution in [1.29, 1.82) is 0 Å². The summed E-state index contributed by atoms with van der Waals surface area (Å²) in [6, 6.07) is 3.54. The molecular weight excluding hydrogens is 320 g/mol. The maximum Gasteiger partial charge on any atom is 0.251 e. The van der Waals surface area contributed by atoms with Crippen molar-refractivity contribution in [2.24, 2.45) is 0 Å². The highest BCUT2D eigenvalue weighted by Gasteiger charge is 2.38. The topological polar surface area (TPSA) is 68.8 Å². The van der Waals surface area contributed by atoms with E-state index in [1.807, 2.05) is 0 Å². The van der Waals surface area contributed by atoms with Crippen LogP contribution in [-0.4, -0.2) is 43.4 Å². The summed E-state index contributed by atoms with van der Waals surface area (Å²) in [5.74, 6) is 1.53. The second-order valence-corrected chi connectivity index (χ2v) is 8.17. The van der Waals surface area contributed by atoms with Gasteiger partial charge in [-0.2, -0.15) is 0 Å². The monoisotopic (exact) mass is 348 g/mol. The molecule has 1 aromatic carbocycles. The first-order chi connectivity index (χ1) is 11.7. The molecule has 2 aliphatic heterocycles. The first-order valence-corrected chi connectivity index (χ1v) is 8.77. The minimum absolute atomic E-state index is 0.0236. The predicted octanol–water partition coefficient (Wildman–Crippen LogP) is 2.51. The average Bonchev–Trinajstić information content (AvgIpc) is 2.50. The summed E-state index contributed by atoms with van der Waals surface area (Å²) in [4.78, 5) is 12.8. The van der Waals surface area contributed by atoms with Gasteiger partial charge in [0.05, 0.1) is 7.11 Å². The largest absolute Gasteiger partial charge is 0.493 e. The minimum atomic E-state index is -0.117. The summed E-state index contributed by atoms with van der Waals surface area (Å²) in [5, 5.41) is 6.80. The Morgan fingerprint density at radius 1 is 1.16 bits per heavy atom. The molecule has 2 aliphatic rings. The fourth-order valence-electron chi connectivity index (χ4n) is 4.10. The van der Waals surface area contributed by atoms with Gasteiger partial charge in [-0.3, -0.25) is 4.79 Å². The molecule has 0 spiro atoms. The lowest BCUT2D eigenvalue weighted by atomic mass is 9.79. The fraction of sp³-hybridized carbons (Fsp3) is 0.632. The maximum atomic E-state index is 12.8. The molecule has 0 bridgehead atoms. The highest BCUT2D eigenvalue weighted by Crippen LogP contribution is 2.40. The Hall–Kier alpha value is -1.95. The van der Waals surface area contributed by atoms with Crippen molar-refractivity contribution < 1.29 is 19.0 Å². The number of ether oxygens (including phenoxy) is 3. The molecular formula is C19H28N2O4. The highest BCUT2D eigenvalue weighted by atomic mass is 16.6. The van der Waals surface area contributed by atoms with Gasteiger partial charge in [-0.05, 0) is 52.7 Å². The summed E-state index contributed by atoms with van der Waals surface area (Å²) in [6.07, 6.45) is 1.76. The second-order valence-electron chi connectivity index (χ2n) is 8.17. The molecule has 0 radical (unpaired) electrons. The van der Waals surface area contributed by atoms with E-state index in [-0.39, 0.29) is 23.0 Å². The van der Waals surface area contributed by atoms with Gasteiger partial charge in [-0.1, -0.05) is 0 Å². The maximum absolute atomic E-state index is 12.8. The van der Waals surface area contributed by atoms with Crippen molar-refractivity contribution in [3.8, 4) is 17.2 Å². The number of benzene rings is 1. The molecule has 0 atom stereocenters. The van der Waals surface area contributed by atoms with Gasteiger partial charge >= 0.3 is 0 Å². The van der Waals surface area contributed by atoms with Gasteiger partial charge in [0, 0.05) is 22.7 Å². The smallest absolute Gasteiger partial charge is 0.251 e. The van der Waals surface area contributed by atoms with Crippen LogP contribution in [0.3, 0.4) is 0 Å². The lowest BCUT2D eigenvalue weighted by molar-refractivity contribution is 0.0871. The number of carbonyl (C=O) groups excluding carboxylic acids is 1. The molecule has 0 aliphatic carbocycles. The molecule has 0 saturated carbocycles. The quantitative estimate of drug-likeness (QED) is 0.878. The Bertz CT molecular complexity index is 636.